The fourth-order valence-electron chi connectivity index (χ4n) is 1.15. The molecule has 0 N–H and O–H groups in total. The third kappa shape index (κ3) is 3.33. The van der Waals surface area contributed by atoms with Crippen molar-refractivity contribution in [2.75, 3.05) is 0 Å². The first kappa shape index (κ1) is 11.0. The normalized spacial score (nSPS) is 13.3. The Labute approximate surface area is 86.3 Å². The molecule has 1 unspecified atom stereocenters. The van der Waals surface area contributed by atoms with Gasteiger partial charge in [0.05, 0.1) is 6.07 Å². The van der Waals surface area contributed by atoms with Crippen LogP contribution in [0.1, 0.15) is 11.7 Å². The van der Waals surface area contributed by atoms with Crippen molar-refractivity contribution >= 4 is 8.32 Å². The monoisotopic (exact) mass is 205 g/mol. The van der Waals surface area contributed by atoms with Crippen molar-refractivity contribution in [1.82, 2.24) is 0 Å². The van der Waals surface area contributed by atoms with Gasteiger partial charge in [-0.05, 0) is 25.2 Å². The van der Waals surface area contributed by atoms with E-state index in [0.29, 0.717) is 0 Å². The Morgan fingerprint density at radius 3 is 2.21 bits per heavy atom. The molecular weight excluding hydrogens is 190 g/mol. The summed E-state index contributed by atoms with van der Waals surface area (Å²) in [4.78, 5) is 0. The fraction of sp³-hybridized carbons (Fsp3) is 0.364. The van der Waals surface area contributed by atoms with Crippen LogP contribution in [0, 0.1) is 11.3 Å². The van der Waals surface area contributed by atoms with Gasteiger partial charge in [-0.15, -0.1) is 0 Å². The zero-order valence-corrected chi connectivity index (χ0v) is 9.82. The van der Waals surface area contributed by atoms with Gasteiger partial charge in [0.25, 0.3) is 0 Å². The van der Waals surface area contributed by atoms with Crippen LogP contribution in [-0.2, 0) is 4.43 Å². The minimum Gasteiger partial charge on any atom is -0.399 e. The van der Waals surface area contributed by atoms with Crippen molar-refractivity contribution < 1.29 is 4.43 Å². The largest absolute Gasteiger partial charge is 0.399 e. The van der Waals surface area contributed by atoms with Crippen LogP contribution < -0.4 is 0 Å². The highest BCUT2D eigenvalue weighted by molar-refractivity contribution is 6.69. The van der Waals surface area contributed by atoms with Crippen LogP contribution in [0.3, 0.4) is 0 Å². The van der Waals surface area contributed by atoms with E-state index in [1.807, 2.05) is 30.3 Å². The molecule has 0 spiro atoms. The molecule has 0 aliphatic carbocycles. The summed E-state index contributed by atoms with van der Waals surface area (Å²) < 4.78 is 5.75. The highest BCUT2D eigenvalue weighted by Crippen LogP contribution is 2.20. The predicted octanol–water partition coefficient (Wildman–Crippen LogP) is 3.10. The van der Waals surface area contributed by atoms with E-state index in [4.69, 9.17) is 9.69 Å². The van der Waals surface area contributed by atoms with Gasteiger partial charge < -0.3 is 4.43 Å². The van der Waals surface area contributed by atoms with Crippen molar-refractivity contribution in [1.29, 1.82) is 5.26 Å². The molecule has 1 aromatic rings. The first-order valence-electron chi connectivity index (χ1n) is 4.65. The number of benzene rings is 1. The van der Waals surface area contributed by atoms with Crippen LogP contribution in [0.25, 0.3) is 0 Å². The molecule has 0 heterocycles. The Morgan fingerprint density at radius 1 is 1.21 bits per heavy atom. The molecule has 0 aliphatic rings. The Hall–Kier alpha value is -1.11. The molecule has 0 saturated carbocycles. The zero-order chi connectivity index (χ0) is 10.6. The molecule has 0 bridgehead atoms. The number of nitriles is 1. The maximum atomic E-state index is 8.99. The van der Waals surface area contributed by atoms with Crippen molar-refractivity contribution in [2.45, 2.75) is 25.7 Å². The lowest BCUT2D eigenvalue weighted by atomic mass is 10.1. The van der Waals surface area contributed by atoms with Gasteiger partial charge in [0, 0.05) is 0 Å². The molecule has 0 aromatic heterocycles. The second-order valence-electron chi connectivity index (χ2n) is 4.15. The second-order valence-corrected chi connectivity index (χ2v) is 8.61. The number of hydrogen-bond donors (Lipinski definition) is 0. The average molecular weight is 205 g/mol. The summed E-state index contributed by atoms with van der Waals surface area (Å²) >= 11 is 0. The van der Waals surface area contributed by atoms with Crippen LogP contribution in [-0.4, -0.2) is 8.32 Å². The van der Waals surface area contributed by atoms with Gasteiger partial charge in [0.1, 0.15) is 0 Å². The molecule has 1 rings (SSSR count). The Kier molecular flexibility index (Phi) is 3.45. The van der Waals surface area contributed by atoms with Crippen LogP contribution >= 0.6 is 0 Å². The topological polar surface area (TPSA) is 33.0 Å². The van der Waals surface area contributed by atoms with Gasteiger partial charge >= 0.3 is 0 Å². The molecule has 3 heteroatoms. The first-order chi connectivity index (χ1) is 6.53. The first-order valence-corrected chi connectivity index (χ1v) is 8.06. The quantitative estimate of drug-likeness (QED) is 0.710. The van der Waals surface area contributed by atoms with E-state index in [-0.39, 0.29) is 0 Å². The lowest BCUT2D eigenvalue weighted by molar-refractivity contribution is 0.255. The summed E-state index contributed by atoms with van der Waals surface area (Å²) in [7, 11) is -1.65. The highest BCUT2D eigenvalue weighted by Gasteiger charge is 2.21. The Morgan fingerprint density at radius 2 is 1.79 bits per heavy atom. The summed E-state index contributed by atoms with van der Waals surface area (Å²) in [6.45, 7) is 6.25. The minimum atomic E-state index is -1.65. The molecule has 1 atom stereocenters. The van der Waals surface area contributed by atoms with Gasteiger partial charge in [0.15, 0.2) is 14.4 Å². The third-order valence-corrected chi connectivity index (χ3v) is 2.63. The maximum Gasteiger partial charge on any atom is 0.186 e. The Bertz CT molecular complexity index is 323. The summed E-state index contributed by atoms with van der Waals surface area (Å²) in [5, 5.41) is 8.99. The molecule has 14 heavy (non-hydrogen) atoms. The van der Waals surface area contributed by atoms with Crippen molar-refractivity contribution in [3.8, 4) is 6.07 Å². The number of hydrogen-bond acceptors (Lipinski definition) is 2. The molecule has 0 radical (unpaired) electrons. The lowest BCUT2D eigenvalue weighted by Gasteiger charge is -2.21. The zero-order valence-electron chi connectivity index (χ0n) is 8.82. The van der Waals surface area contributed by atoms with Crippen LogP contribution in [0.15, 0.2) is 30.3 Å². The van der Waals surface area contributed by atoms with Crippen molar-refractivity contribution in [3.63, 3.8) is 0 Å². The summed E-state index contributed by atoms with van der Waals surface area (Å²) in [5.74, 6) is 0. The third-order valence-electron chi connectivity index (χ3n) is 1.69. The predicted molar refractivity (Wildman–Crippen MR) is 59.2 cm³/mol. The molecule has 0 aliphatic heterocycles. The van der Waals surface area contributed by atoms with Gasteiger partial charge in [-0.3, -0.25) is 0 Å². The molecule has 0 saturated heterocycles. The average Bonchev–Trinajstić information content (AvgIpc) is 2.14. The van der Waals surface area contributed by atoms with E-state index in [1.165, 1.54) is 0 Å². The molecule has 1 aromatic carbocycles. The van der Waals surface area contributed by atoms with Crippen molar-refractivity contribution in [2.24, 2.45) is 0 Å². The highest BCUT2D eigenvalue weighted by atomic mass is 28.4. The van der Waals surface area contributed by atoms with Crippen LogP contribution in [0.2, 0.25) is 19.6 Å². The van der Waals surface area contributed by atoms with Gasteiger partial charge in [-0.2, -0.15) is 5.26 Å². The fourth-order valence-corrected chi connectivity index (χ4v) is 2.05. The number of rotatable bonds is 3. The van der Waals surface area contributed by atoms with E-state index < -0.39 is 14.4 Å². The van der Waals surface area contributed by atoms with E-state index in [0.717, 1.165) is 5.56 Å². The van der Waals surface area contributed by atoms with Gasteiger partial charge in [-0.25, -0.2) is 0 Å². The maximum absolute atomic E-state index is 8.99. The molecule has 74 valence electrons. The molecule has 0 amide bonds. The van der Waals surface area contributed by atoms with E-state index in [2.05, 4.69) is 25.7 Å². The molecule has 2 nitrogen and oxygen atoms in total. The van der Waals surface area contributed by atoms with Crippen LogP contribution in [0.4, 0.5) is 0 Å². The van der Waals surface area contributed by atoms with Crippen molar-refractivity contribution in [3.05, 3.63) is 35.9 Å². The SMILES string of the molecule is C[Si](C)(C)OC(C#N)c1ccccc1. The van der Waals surface area contributed by atoms with E-state index >= 15 is 0 Å². The standard InChI is InChI=1S/C11H15NOSi/c1-14(2,3)13-11(9-12)10-7-5-4-6-8-10/h4-8,11H,1-3H3. The second kappa shape index (κ2) is 4.40. The van der Waals surface area contributed by atoms with Gasteiger partial charge in [-0.1, -0.05) is 30.3 Å². The summed E-state index contributed by atoms with van der Waals surface area (Å²) in [6.07, 6.45) is -0.414. The van der Waals surface area contributed by atoms with E-state index in [1.54, 1.807) is 0 Å². The van der Waals surface area contributed by atoms with Gasteiger partial charge in [0.2, 0.25) is 0 Å². The minimum absolute atomic E-state index is 0.414. The Balaban J connectivity index is 2.80. The summed E-state index contributed by atoms with van der Waals surface area (Å²) in [6, 6.07) is 11.8. The molecular formula is C11H15NOSi. The smallest absolute Gasteiger partial charge is 0.186 e. The van der Waals surface area contributed by atoms with Crippen LogP contribution in [0.5, 0.6) is 0 Å². The number of nitrogens with zero attached hydrogens (tertiary/aromatic N) is 1. The summed E-state index contributed by atoms with van der Waals surface area (Å²) in [5.41, 5.74) is 0.942. The molecule has 0 fully saturated rings. The van der Waals surface area contributed by atoms with E-state index in [9.17, 15) is 0 Å². The lowest BCUT2D eigenvalue weighted by Crippen LogP contribution is -2.27.